The number of methoxy groups -OCH3 is 1. The van der Waals surface area contributed by atoms with Gasteiger partial charge in [-0.25, -0.2) is 4.79 Å². The third-order valence-electron chi connectivity index (χ3n) is 2.12. The average Bonchev–Trinajstić information content (AvgIpc) is 2.58. The molecule has 6 heteroatoms. The second-order valence-corrected chi connectivity index (χ2v) is 7.28. The lowest BCUT2D eigenvalue weighted by atomic mass is 10.2. The van der Waals surface area contributed by atoms with Gasteiger partial charge in [0.05, 0.1) is 10.9 Å². The summed E-state index contributed by atoms with van der Waals surface area (Å²) < 4.78 is 6.76. The van der Waals surface area contributed by atoms with Crippen LogP contribution in [0.3, 0.4) is 0 Å². The maximum atomic E-state index is 11.7. The zero-order valence-electron chi connectivity index (χ0n) is 9.92. The van der Waals surface area contributed by atoms with Crippen LogP contribution in [0.15, 0.2) is 14.3 Å². The largest absolute Gasteiger partial charge is 0.468 e. The Bertz CT molecular complexity index is 373. The zero-order chi connectivity index (χ0) is 13.0. The quantitative estimate of drug-likeness (QED) is 0.786. The molecule has 1 heterocycles. The molecule has 0 aliphatic rings. The van der Waals surface area contributed by atoms with Crippen molar-refractivity contribution < 1.29 is 9.53 Å². The molecular formula is C11H15Br2NO2S. The summed E-state index contributed by atoms with van der Waals surface area (Å²) in [6.45, 7) is 4.97. The van der Waals surface area contributed by atoms with Gasteiger partial charge in [0.2, 0.25) is 0 Å². The summed E-state index contributed by atoms with van der Waals surface area (Å²) in [5.74, 6) is 0.223. The molecule has 1 aromatic heterocycles. The van der Waals surface area contributed by atoms with Gasteiger partial charge in [-0.2, -0.15) is 0 Å². The van der Waals surface area contributed by atoms with E-state index in [1.54, 1.807) is 0 Å². The number of esters is 1. The van der Waals surface area contributed by atoms with E-state index >= 15 is 0 Å². The Morgan fingerprint density at radius 2 is 2.18 bits per heavy atom. The number of carbonyl (C=O) groups is 1. The minimum atomic E-state index is -0.394. The SMILES string of the molecule is COC(=O)C(NCC(C)C)c1cc(Br)c(Br)s1. The minimum absolute atomic E-state index is 0.257. The lowest BCUT2D eigenvalue weighted by Crippen LogP contribution is -2.31. The van der Waals surface area contributed by atoms with Crippen LogP contribution in [0, 0.1) is 5.92 Å². The highest BCUT2D eigenvalue weighted by atomic mass is 79.9. The first-order valence-corrected chi connectivity index (χ1v) is 7.62. The molecule has 0 saturated heterocycles. The number of rotatable bonds is 5. The van der Waals surface area contributed by atoms with Gasteiger partial charge >= 0.3 is 5.97 Å². The van der Waals surface area contributed by atoms with Gasteiger partial charge in [-0.05, 0) is 50.4 Å². The van der Waals surface area contributed by atoms with Crippen molar-refractivity contribution in [2.24, 2.45) is 5.92 Å². The second kappa shape index (κ2) is 6.87. The summed E-state index contributed by atoms with van der Waals surface area (Å²) in [5, 5.41) is 3.22. The van der Waals surface area contributed by atoms with Gasteiger partial charge in [-0.1, -0.05) is 13.8 Å². The average molecular weight is 385 g/mol. The van der Waals surface area contributed by atoms with Crippen LogP contribution < -0.4 is 5.32 Å². The van der Waals surface area contributed by atoms with E-state index in [0.29, 0.717) is 5.92 Å². The number of carbonyl (C=O) groups excluding carboxylic acids is 1. The lowest BCUT2D eigenvalue weighted by Gasteiger charge is -2.16. The Balaban J connectivity index is 2.86. The summed E-state index contributed by atoms with van der Waals surface area (Å²) in [7, 11) is 1.41. The highest BCUT2D eigenvalue weighted by Crippen LogP contribution is 2.35. The predicted molar refractivity (Wildman–Crippen MR) is 77.3 cm³/mol. The molecule has 1 aromatic rings. The molecule has 0 amide bonds. The van der Waals surface area contributed by atoms with Crippen molar-refractivity contribution in [2.75, 3.05) is 13.7 Å². The Morgan fingerprint density at radius 3 is 2.59 bits per heavy atom. The van der Waals surface area contributed by atoms with Gasteiger partial charge in [0.15, 0.2) is 0 Å². The van der Waals surface area contributed by atoms with Crippen molar-refractivity contribution >= 4 is 49.2 Å². The normalized spacial score (nSPS) is 12.8. The van der Waals surface area contributed by atoms with Crippen molar-refractivity contribution in [1.29, 1.82) is 0 Å². The Labute approximate surface area is 122 Å². The Hall–Kier alpha value is 0.0900. The fraction of sp³-hybridized carbons (Fsp3) is 0.545. The van der Waals surface area contributed by atoms with E-state index in [-0.39, 0.29) is 5.97 Å². The van der Waals surface area contributed by atoms with E-state index in [0.717, 1.165) is 19.7 Å². The van der Waals surface area contributed by atoms with E-state index in [1.165, 1.54) is 18.4 Å². The molecule has 0 aromatic carbocycles. The van der Waals surface area contributed by atoms with Crippen molar-refractivity contribution in [2.45, 2.75) is 19.9 Å². The summed E-state index contributed by atoms with van der Waals surface area (Å²) in [6, 6.07) is 1.54. The van der Waals surface area contributed by atoms with Crippen LogP contribution in [0.2, 0.25) is 0 Å². The number of hydrogen-bond acceptors (Lipinski definition) is 4. The van der Waals surface area contributed by atoms with Crippen LogP contribution in [-0.4, -0.2) is 19.6 Å². The van der Waals surface area contributed by atoms with E-state index in [2.05, 4.69) is 51.0 Å². The lowest BCUT2D eigenvalue weighted by molar-refractivity contribution is -0.143. The molecule has 1 N–H and O–H groups in total. The van der Waals surface area contributed by atoms with E-state index in [1.807, 2.05) is 6.07 Å². The monoisotopic (exact) mass is 383 g/mol. The van der Waals surface area contributed by atoms with Crippen molar-refractivity contribution in [1.82, 2.24) is 5.32 Å². The molecule has 1 rings (SSSR count). The van der Waals surface area contributed by atoms with Gasteiger partial charge in [0.1, 0.15) is 6.04 Å². The van der Waals surface area contributed by atoms with Gasteiger partial charge in [0.25, 0.3) is 0 Å². The third kappa shape index (κ3) is 4.35. The maximum absolute atomic E-state index is 11.7. The van der Waals surface area contributed by atoms with Crippen molar-refractivity contribution in [3.05, 3.63) is 19.2 Å². The van der Waals surface area contributed by atoms with Gasteiger partial charge in [-0.15, -0.1) is 11.3 Å². The van der Waals surface area contributed by atoms with Crippen molar-refractivity contribution in [3.63, 3.8) is 0 Å². The van der Waals surface area contributed by atoms with Crippen LogP contribution in [-0.2, 0) is 9.53 Å². The summed E-state index contributed by atoms with van der Waals surface area (Å²) in [6.07, 6.45) is 0. The van der Waals surface area contributed by atoms with E-state index in [4.69, 9.17) is 4.74 Å². The van der Waals surface area contributed by atoms with Crippen LogP contribution in [0.25, 0.3) is 0 Å². The summed E-state index contributed by atoms with van der Waals surface area (Å²) in [4.78, 5) is 12.7. The first-order chi connectivity index (χ1) is 7.95. The Kier molecular flexibility index (Phi) is 6.12. The molecule has 1 atom stereocenters. The predicted octanol–water partition coefficient (Wildman–Crippen LogP) is 3.73. The molecule has 1 unspecified atom stereocenters. The smallest absolute Gasteiger partial charge is 0.328 e. The van der Waals surface area contributed by atoms with Crippen LogP contribution in [0.5, 0.6) is 0 Å². The molecule has 0 radical (unpaired) electrons. The molecule has 0 spiro atoms. The fourth-order valence-corrected chi connectivity index (χ4v) is 3.43. The molecule has 3 nitrogen and oxygen atoms in total. The van der Waals surface area contributed by atoms with Crippen molar-refractivity contribution in [3.8, 4) is 0 Å². The zero-order valence-corrected chi connectivity index (χ0v) is 13.9. The van der Waals surface area contributed by atoms with Gasteiger partial charge in [0, 0.05) is 9.35 Å². The van der Waals surface area contributed by atoms with E-state index < -0.39 is 6.04 Å². The minimum Gasteiger partial charge on any atom is -0.468 e. The second-order valence-electron chi connectivity index (χ2n) is 4.03. The van der Waals surface area contributed by atoms with Crippen LogP contribution in [0.4, 0.5) is 0 Å². The highest BCUT2D eigenvalue weighted by Gasteiger charge is 2.23. The fourth-order valence-electron chi connectivity index (χ4n) is 1.28. The summed E-state index contributed by atoms with van der Waals surface area (Å²) >= 11 is 8.37. The summed E-state index contributed by atoms with van der Waals surface area (Å²) in [5.41, 5.74) is 0. The molecule has 0 aliphatic heterocycles. The highest BCUT2D eigenvalue weighted by molar-refractivity contribution is 9.13. The van der Waals surface area contributed by atoms with Gasteiger partial charge < -0.3 is 4.74 Å². The number of nitrogens with one attached hydrogen (secondary N) is 1. The first kappa shape index (κ1) is 15.1. The molecule has 17 heavy (non-hydrogen) atoms. The third-order valence-corrected chi connectivity index (χ3v) is 5.44. The van der Waals surface area contributed by atoms with Crippen LogP contribution in [0.1, 0.15) is 24.8 Å². The number of ether oxygens (including phenoxy) is 1. The number of halogens is 2. The molecule has 0 saturated carbocycles. The number of hydrogen-bond donors (Lipinski definition) is 1. The molecular weight excluding hydrogens is 370 g/mol. The number of thiophene rings is 1. The van der Waals surface area contributed by atoms with Gasteiger partial charge in [-0.3, -0.25) is 5.32 Å². The van der Waals surface area contributed by atoms with E-state index in [9.17, 15) is 4.79 Å². The molecule has 0 aliphatic carbocycles. The molecule has 0 bridgehead atoms. The molecule has 96 valence electrons. The first-order valence-electron chi connectivity index (χ1n) is 5.21. The van der Waals surface area contributed by atoms with Crippen LogP contribution >= 0.6 is 43.2 Å². The molecule has 0 fully saturated rings. The standard InChI is InChI=1S/C11H15Br2NO2S/c1-6(2)5-14-9(11(15)16-3)8-4-7(12)10(13)17-8/h4,6,9,14H,5H2,1-3H3. The topological polar surface area (TPSA) is 38.3 Å². The Morgan fingerprint density at radius 1 is 1.53 bits per heavy atom. The maximum Gasteiger partial charge on any atom is 0.328 e.